The van der Waals surface area contributed by atoms with Gasteiger partial charge in [-0.25, -0.2) is 8.42 Å². The molecular formula is C20H23ClN2O5S. The number of methoxy groups -OCH3 is 1. The number of hydrogen-bond acceptors (Lipinski definition) is 5. The summed E-state index contributed by atoms with van der Waals surface area (Å²) in [7, 11) is -1.98. The van der Waals surface area contributed by atoms with Crippen molar-refractivity contribution in [3.63, 3.8) is 0 Å². The molecule has 1 saturated heterocycles. The van der Waals surface area contributed by atoms with Gasteiger partial charge >= 0.3 is 0 Å². The second-order valence-electron chi connectivity index (χ2n) is 6.58. The minimum atomic E-state index is -3.55. The van der Waals surface area contributed by atoms with E-state index < -0.39 is 10.0 Å². The summed E-state index contributed by atoms with van der Waals surface area (Å²) in [6.07, 6.45) is 1.72. The van der Waals surface area contributed by atoms with Crippen LogP contribution in [0.3, 0.4) is 0 Å². The molecular weight excluding hydrogens is 416 g/mol. The summed E-state index contributed by atoms with van der Waals surface area (Å²) in [5.41, 5.74) is 0.845. The van der Waals surface area contributed by atoms with E-state index in [1.54, 1.807) is 7.11 Å². The number of nitrogens with zero attached hydrogens (tertiary/aromatic N) is 1. The topological polar surface area (TPSA) is 84.9 Å². The normalized spacial score (nSPS) is 14.6. The van der Waals surface area contributed by atoms with Crippen LogP contribution < -0.4 is 14.8 Å². The van der Waals surface area contributed by atoms with Gasteiger partial charge < -0.3 is 14.8 Å². The van der Waals surface area contributed by atoms with E-state index in [-0.39, 0.29) is 28.2 Å². The molecule has 0 saturated carbocycles. The van der Waals surface area contributed by atoms with Crippen molar-refractivity contribution in [2.45, 2.75) is 24.3 Å². The Hall–Kier alpha value is -2.29. The van der Waals surface area contributed by atoms with Gasteiger partial charge in [0.15, 0.2) is 6.61 Å². The van der Waals surface area contributed by atoms with Crippen molar-refractivity contribution in [3.8, 4) is 11.5 Å². The molecule has 1 aliphatic heterocycles. The summed E-state index contributed by atoms with van der Waals surface area (Å²) in [5.74, 6) is 0.604. The summed E-state index contributed by atoms with van der Waals surface area (Å²) in [5, 5.41) is 2.89. The Balaban J connectivity index is 1.57. The summed E-state index contributed by atoms with van der Waals surface area (Å²) < 4.78 is 37.3. The molecule has 156 valence electrons. The average molecular weight is 439 g/mol. The van der Waals surface area contributed by atoms with E-state index >= 15 is 0 Å². The number of hydrogen-bond donors (Lipinski definition) is 1. The minimum absolute atomic E-state index is 0.123. The second-order valence-corrected chi connectivity index (χ2v) is 8.93. The van der Waals surface area contributed by atoms with Crippen LogP contribution in [-0.2, 0) is 21.4 Å². The van der Waals surface area contributed by atoms with Gasteiger partial charge in [-0.1, -0.05) is 29.8 Å². The van der Waals surface area contributed by atoms with Crippen LogP contribution in [0, 0.1) is 0 Å². The van der Waals surface area contributed by atoms with E-state index in [2.05, 4.69) is 5.32 Å². The van der Waals surface area contributed by atoms with E-state index in [1.807, 2.05) is 24.3 Å². The van der Waals surface area contributed by atoms with Gasteiger partial charge in [0.1, 0.15) is 11.5 Å². The lowest BCUT2D eigenvalue weighted by Crippen LogP contribution is -2.29. The zero-order chi connectivity index (χ0) is 20.9. The van der Waals surface area contributed by atoms with Crippen LogP contribution >= 0.6 is 11.6 Å². The highest BCUT2D eigenvalue weighted by atomic mass is 35.5. The van der Waals surface area contributed by atoms with E-state index in [0.29, 0.717) is 25.4 Å². The van der Waals surface area contributed by atoms with Gasteiger partial charge in [-0.15, -0.1) is 0 Å². The summed E-state index contributed by atoms with van der Waals surface area (Å²) in [6, 6.07) is 11.7. The van der Waals surface area contributed by atoms with Crippen LogP contribution in [-0.4, -0.2) is 45.4 Å². The molecule has 2 aromatic rings. The third-order valence-electron chi connectivity index (χ3n) is 4.63. The number of amides is 1. The predicted octanol–water partition coefficient (Wildman–Crippen LogP) is 2.83. The Labute approximate surface area is 175 Å². The van der Waals surface area contributed by atoms with Crippen LogP contribution in [0.1, 0.15) is 18.4 Å². The first-order valence-electron chi connectivity index (χ1n) is 9.23. The molecule has 29 heavy (non-hydrogen) atoms. The first-order valence-corrected chi connectivity index (χ1v) is 11.0. The first-order chi connectivity index (χ1) is 13.9. The molecule has 1 aliphatic rings. The van der Waals surface area contributed by atoms with Crippen molar-refractivity contribution >= 4 is 27.5 Å². The highest BCUT2D eigenvalue weighted by Gasteiger charge is 2.27. The number of halogens is 1. The van der Waals surface area contributed by atoms with E-state index in [0.717, 1.165) is 18.4 Å². The molecule has 9 heteroatoms. The Morgan fingerprint density at radius 1 is 1.14 bits per heavy atom. The van der Waals surface area contributed by atoms with E-state index in [1.165, 1.54) is 22.5 Å². The largest absolute Gasteiger partial charge is 0.496 e. The molecule has 3 rings (SSSR count). The standard InChI is InChI=1S/C20H23ClN2O5S/c1-27-18-7-3-2-6-15(18)13-22-20(24)14-28-19-9-8-16(12-17(19)21)29(25,26)23-10-4-5-11-23/h2-3,6-9,12H,4-5,10-11,13-14H2,1H3,(H,22,24). The van der Waals surface area contributed by atoms with Gasteiger partial charge in [-0.2, -0.15) is 4.31 Å². The maximum Gasteiger partial charge on any atom is 0.258 e. The molecule has 0 bridgehead atoms. The fraction of sp³-hybridized carbons (Fsp3) is 0.350. The third kappa shape index (κ3) is 5.20. The summed E-state index contributed by atoms with van der Waals surface area (Å²) in [6.45, 7) is 1.09. The van der Waals surface area contributed by atoms with Crippen LogP contribution in [0.5, 0.6) is 11.5 Å². The molecule has 1 amide bonds. The van der Waals surface area contributed by atoms with Crippen molar-refractivity contribution in [3.05, 3.63) is 53.1 Å². The molecule has 0 aromatic heterocycles. The van der Waals surface area contributed by atoms with E-state index in [9.17, 15) is 13.2 Å². The van der Waals surface area contributed by atoms with E-state index in [4.69, 9.17) is 21.1 Å². The van der Waals surface area contributed by atoms with Crippen molar-refractivity contribution in [2.24, 2.45) is 0 Å². The van der Waals surface area contributed by atoms with Gasteiger partial charge in [-0.3, -0.25) is 4.79 Å². The molecule has 1 N–H and O–H groups in total. The van der Waals surface area contributed by atoms with Crippen molar-refractivity contribution in [1.82, 2.24) is 9.62 Å². The average Bonchev–Trinajstić information content (AvgIpc) is 3.27. The monoisotopic (exact) mass is 438 g/mol. The SMILES string of the molecule is COc1ccccc1CNC(=O)COc1ccc(S(=O)(=O)N2CCCC2)cc1Cl. The van der Waals surface area contributed by atoms with Gasteiger partial charge in [0, 0.05) is 25.2 Å². The number of benzene rings is 2. The number of rotatable bonds is 8. The highest BCUT2D eigenvalue weighted by molar-refractivity contribution is 7.89. The van der Waals surface area contributed by atoms with Gasteiger partial charge in [-0.05, 0) is 37.1 Å². The Kier molecular flexibility index (Phi) is 7.00. The number of sulfonamides is 1. The Morgan fingerprint density at radius 3 is 2.55 bits per heavy atom. The number of carbonyl (C=O) groups excluding carboxylic acids is 1. The highest BCUT2D eigenvalue weighted by Crippen LogP contribution is 2.29. The van der Waals surface area contributed by atoms with Crippen LogP contribution in [0.4, 0.5) is 0 Å². The van der Waals surface area contributed by atoms with Crippen LogP contribution in [0.25, 0.3) is 0 Å². The zero-order valence-corrected chi connectivity index (χ0v) is 17.6. The van der Waals surface area contributed by atoms with Crippen LogP contribution in [0.2, 0.25) is 5.02 Å². The summed E-state index contributed by atoms with van der Waals surface area (Å²) in [4.78, 5) is 12.2. The lowest BCUT2D eigenvalue weighted by Gasteiger charge is -2.16. The minimum Gasteiger partial charge on any atom is -0.496 e. The van der Waals surface area contributed by atoms with Gasteiger partial charge in [0.25, 0.3) is 5.91 Å². The fourth-order valence-electron chi connectivity index (χ4n) is 3.07. The van der Waals surface area contributed by atoms with Crippen LogP contribution in [0.15, 0.2) is 47.4 Å². The molecule has 1 fully saturated rings. The third-order valence-corrected chi connectivity index (χ3v) is 6.82. The van der Waals surface area contributed by atoms with Crippen molar-refractivity contribution in [1.29, 1.82) is 0 Å². The molecule has 0 unspecified atom stereocenters. The molecule has 1 heterocycles. The van der Waals surface area contributed by atoms with Gasteiger partial charge in [0.05, 0.1) is 17.0 Å². The lowest BCUT2D eigenvalue weighted by molar-refractivity contribution is -0.123. The molecule has 0 aliphatic carbocycles. The maximum atomic E-state index is 12.6. The lowest BCUT2D eigenvalue weighted by atomic mass is 10.2. The zero-order valence-electron chi connectivity index (χ0n) is 16.1. The Morgan fingerprint density at radius 2 is 1.86 bits per heavy atom. The molecule has 7 nitrogen and oxygen atoms in total. The Bertz CT molecular complexity index is 975. The fourth-order valence-corrected chi connectivity index (χ4v) is 4.92. The quantitative estimate of drug-likeness (QED) is 0.685. The molecule has 0 radical (unpaired) electrons. The predicted molar refractivity (Wildman–Crippen MR) is 110 cm³/mol. The second kappa shape index (κ2) is 9.47. The number of ether oxygens (including phenoxy) is 2. The number of para-hydroxylation sites is 1. The number of nitrogens with one attached hydrogen (secondary N) is 1. The number of carbonyl (C=O) groups is 1. The maximum absolute atomic E-state index is 12.6. The first kappa shape index (κ1) is 21.4. The van der Waals surface area contributed by atoms with Crippen molar-refractivity contribution in [2.75, 3.05) is 26.8 Å². The molecule has 2 aromatic carbocycles. The van der Waals surface area contributed by atoms with Gasteiger partial charge in [0.2, 0.25) is 10.0 Å². The molecule has 0 spiro atoms. The molecule has 0 atom stereocenters. The smallest absolute Gasteiger partial charge is 0.258 e. The summed E-state index contributed by atoms with van der Waals surface area (Å²) >= 11 is 6.18. The van der Waals surface area contributed by atoms with Crippen molar-refractivity contribution < 1.29 is 22.7 Å².